The van der Waals surface area contributed by atoms with Crippen molar-refractivity contribution in [3.05, 3.63) is 47.6 Å². The monoisotopic (exact) mass is 743 g/mol. The van der Waals surface area contributed by atoms with Crippen LogP contribution in [0.25, 0.3) is 27.2 Å². The van der Waals surface area contributed by atoms with Crippen LogP contribution in [0.5, 0.6) is 0 Å². The van der Waals surface area contributed by atoms with Crippen LogP contribution in [0.1, 0.15) is 24.4 Å². The summed E-state index contributed by atoms with van der Waals surface area (Å²) in [5.74, 6) is -0.408. The van der Waals surface area contributed by atoms with Gasteiger partial charge in [-0.2, -0.15) is 0 Å². The normalized spacial score (nSPS) is 34.8. The van der Waals surface area contributed by atoms with Crippen molar-refractivity contribution in [2.24, 2.45) is 11.8 Å². The summed E-state index contributed by atoms with van der Waals surface area (Å²) >= 11 is 17.5. The van der Waals surface area contributed by atoms with Crippen molar-refractivity contribution < 1.29 is 37.4 Å². The van der Waals surface area contributed by atoms with E-state index in [1.807, 2.05) is 4.57 Å². The van der Waals surface area contributed by atoms with Gasteiger partial charge in [0.25, 0.3) is 0 Å². The van der Waals surface area contributed by atoms with Gasteiger partial charge in [-0.1, -0.05) is 11.6 Å². The highest BCUT2D eigenvalue weighted by Gasteiger charge is 2.51. The average molecular weight is 744 g/mol. The zero-order chi connectivity index (χ0) is 32.9. The maximum atomic E-state index is 11.5. The Morgan fingerprint density at radius 3 is 2.55 bits per heavy atom. The Balaban J connectivity index is 1.21. The number of halogens is 1. The fourth-order valence-electron chi connectivity index (χ4n) is 5.97. The summed E-state index contributed by atoms with van der Waals surface area (Å²) in [5.41, 5.74) is 2.61. The highest BCUT2D eigenvalue weighted by molar-refractivity contribution is 8.07. The number of fused-ring (bicyclic) bond motifs is 5. The van der Waals surface area contributed by atoms with E-state index in [9.17, 15) is 10.00 Å². The second-order valence-corrected chi connectivity index (χ2v) is 17.3. The Kier molecular flexibility index (Phi) is 9.43. The predicted octanol–water partition coefficient (Wildman–Crippen LogP) is 2.89. The molecule has 17 nitrogen and oxygen atoms in total. The van der Waals surface area contributed by atoms with Crippen LogP contribution in [-0.4, -0.2) is 100 Å². The molecule has 0 amide bonds. The number of rotatable bonds is 5. The number of aliphatic hydroxyl groups is 1. The summed E-state index contributed by atoms with van der Waals surface area (Å²) in [6.07, 6.45) is 1.94. The minimum absolute atomic E-state index is 0.00663. The third-order valence-corrected chi connectivity index (χ3v) is 12.6. The fourth-order valence-corrected chi connectivity index (χ4v) is 9.39. The van der Waals surface area contributed by atoms with E-state index >= 15 is 0 Å². The molecule has 6 heterocycles. The van der Waals surface area contributed by atoms with E-state index in [1.54, 1.807) is 17.8 Å². The predicted molar refractivity (Wildman–Crippen MR) is 172 cm³/mol. The van der Waals surface area contributed by atoms with Gasteiger partial charge in [-0.05, 0) is 42.9 Å². The molecule has 22 heteroatoms. The van der Waals surface area contributed by atoms with Gasteiger partial charge in [0.2, 0.25) is 6.54 Å². The van der Waals surface area contributed by atoms with Gasteiger partial charge in [0.15, 0.2) is 22.7 Å². The van der Waals surface area contributed by atoms with E-state index in [0.29, 0.717) is 34.4 Å². The summed E-state index contributed by atoms with van der Waals surface area (Å²) < 4.78 is 39.8. The van der Waals surface area contributed by atoms with Gasteiger partial charge in [-0.25, -0.2) is 36.5 Å². The van der Waals surface area contributed by atoms with Gasteiger partial charge in [0.1, 0.15) is 48.6 Å². The van der Waals surface area contributed by atoms with E-state index in [-0.39, 0.29) is 56.0 Å². The number of hydrogen-bond donors (Lipinski definition) is 2. The maximum absolute atomic E-state index is 11.5. The Morgan fingerprint density at radius 1 is 1.02 bits per heavy atom. The first-order valence-corrected chi connectivity index (χ1v) is 19.9. The van der Waals surface area contributed by atoms with E-state index in [0.717, 1.165) is 0 Å². The smallest absolute Gasteiger partial charge is 0.327 e. The molecule has 1 saturated carbocycles. The van der Waals surface area contributed by atoms with Crippen LogP contribution in [-0.2, 0) is 51.0 Å². The zero-order valence-electron chi connectivity index (χ0n) is 24.6. The first-order chi connectivity index (χ1) is 22.6. The van der Waals surface area contributed by atoms with Crippen molar-refractivity contribution in [1.29, 1.82) is 0 Å². The Bertz CT molecular complexity index is 1950. The molecule has 0 spiro atoms. The Morgan fingerprint density at radius 2 is 1.74 bits per heavy atom. The van der Waals surface area contributed by atoms with Crippen LogP contribution in [0, 0.1) is 25.3 Å². The lowest BCUT2D eigenvalue weighted by Crippen LogP contribution is -2.43. The van der Waals surface area contributed by atoms with Crippen LogP contribution >= 0.6 is 25.0 Å². The largest absolute Gasteiger partial charge is 0.387 e. The molecule has 7 rings (SSSR count). The molecule has 1 aliphatic carbocycles. The summed E-state index contributed by atoms with van der Waals surface area (Å²) in [6.45, 7) is 1.32. The van der Waals surface area contributed by atoms with Gasteiger partial charge < -0.3 is 42.2 Å². The standard InChI is InChI=1S/C25H28ClN9O8P2S2/c1-13-18-23(30-9-28-13)35(12-32-18)25-21-20(36)17(42-25)8-40-44(37,46)39-7-15-14(6-41-45(47,43-21)38-4-3-27-2)5-16(15)34-11-33-19-22(26)29-10-31-24(19)34/h9-12,14-17,20-21,25,36H,3-8H2,1H3,(H,37,46)/t14-,15-,16-,17-,20-,21-,25-,44?,45?/m1/s1. The molecule has 2 unspecified atom stereocenters. The number of imidazole rings is 2. The number of ether oxygens (including phenoxy) is 1. The van der Waals surface area contributed by atoms with E-state index in [1.165, 1.54) is 19.0 Å². The number of nitrogens with zero attached hydrogens (tertiary/aromatic N) is 9. The van der Waals surface area contributed by atoms with Crippen LogP contribution < -0.4 is 0 Å². The molecular formula is C25H28ClN9O8P2S2. The molecule has 2 bridgehead atoms. The lowest BCUT2D eigenvalue weighted by Gasteiger charge is -2.45. The molecular weight excluding hydrogens is 716 g/mol. The molecule has 9 atom stereocenters. The first-order valence-electron chi connectivity index (χ1n) is 14.4. The molecule has 0 aromatic carbocycles. The molecule has 2 saturated heterocycles. The van der Waals surface area contributed by atoms with Gasteiger partial charge >= 0.3 is 13.4 Å². The van der Waals surface area contributed by atoms with E-state index in [2.05, 4.69) is 34.7 Å². The number of aromatic nitrogens is 8. The van der Waals surface area contributed by atoms with Crippen LogP contribution in [0.15, 0.2) is 25.3 Å². The molecule has 3 fully saturated rings. The van der Waals surface area contributed by atoms with Crippen LogP contribution in [0.4, 0.5) is 0 Å². The Hall–Kier alpha value is -2.14. The highest BCUT2D eigenvalue weighted by atomic mass is 35.5. The quantitative estimate of drug-likeness (QED) is 0.131. The molecule has 4 aromatic heterocycles. The summed E-state index contributed by atoms with van der Waals surface area (Å²) in [6, 6.07) is -0.171. The second-order valence-electron chi connectivity index (χ2n) is 11.1. The molecule has 250 valence electrons. The van der Waals surface area contributed by atoms with Crippen LogP contribution in [0.3, 0.4) is 0 Å². The second kappa shape index (κ2) is 13.3. The summed E-state index contributed by atoms with van der Waals surface area (Å²) in [7, 11) is 0. The lowest BCUT2D eigenvalue weighted by atomic mass is 9.70. The number of aryl methyl sites for hydroxylation is 1. The topological polar surface area (TPSA) is 187 Å². The van der Waals surface area contributed by atoms with Gasteiger partial charge in [0, 0.05) is 12.0 Å². The van der Waals surface area contributed by atoms with Gasteiger partial charge in [-0.3, -0.25) is 9.09 Å². The first kappa shape index (κ1) is 33.4. The van der Waals surface area contributed by atoms with Gasteiger partial charge in [0.05, 0.1) is 38.2 Å². The molecule has 2 aliphatic heterocycles. The SMILES string of the molecule is [C-]#[N+]CCOP1(=S)OC[C@H]2C[C@@H](n3cnc4c(Cl)ncnc43)[C@@H]2COP(O)(=S)OC[C@H]2O[C@@H](n3cnc4c(C)ncnc43)[C@H](O1)[C@@H]2O. The highest BCUT2D eigenvalue weighted by Crippen LogP contribution is 2.57. The summed E-state index contributed by atoms with van der Waals surface area (Å²) in [5, 5.41) is 11.7. The van der Waals surface area contributed by atoms with Crippen molar-refractivity contribution in [2.75, 3.05) is 33.0 Å². The number of aliphatic hydroxyl groups excluding tert-OH is 1. The van der Waals surface area contributed by atoms with E-state index in [4.69, 9.17) is 69.1 Å². The maximum Gasteiger partial charge on any atom is 0.327 e. The fraction of sp³-hybridized carbons (Fsp3) is 0.560. The third-order valence-electron chi connectivity index (χ3n) is 8.43. The Labute approximate surface area is 282 Å². The van der Waals surface area contributed by atoms with Gasteiger partial charge in [-0.15, -0.1) is 0 Å². The molecule has 0 radical (unpaired) electrons. The minimum Gasteiger partial charge on any atom is -0.387 e. The average Bonchev–Trinajstić information content (AvgIpc) is 3.73. The van der Waals surface area contributed by atoms with E-state index < -0.39 is 38.0 Å². The van der Waals surface area contributed by atoms with Crippen molar-refractivity contribution in [3.63, 3.8) is 0 Å². The number of hydrogen-bond acceptors (Lipinski definition) is 15. The van der Waals surface area contributed by atoms with Crippen LogP contribution in [0.2, 0.25) is 5.15 Å². The minimum atomic E-state index is -3.80. The molecule has 3 aliphatic rings. The zero-order valence-corrected chi connectivity index (χ0v) is 28.7. The summed E-state index contributed by atoms with van der Waals surface area (Å²) in [4.78, 5) is 40.1. The van der Waals surface area contributed by atoms with Crippen molar-refractivity contribution >= 4 is 71.0 Å². The van der Waals surface area contributed by atoms with Crippen molar-refractivity contribution in [2.45, 2.75) is 43.9 Å². The molecule has 4 aromatic rings. The van der Waals surface area contributed by atoms with Crippen molar-refractivity contribution in [1.82, 2.24) is 39.0 Å². The molecule has 2 N–H and O–H groups in total. The molecule has 47 heavy (non-hydrogen) atoms. The lowest BCUT2D eigenvalue weighted by molar-refractivity contribution is -0.0483. The van der Waals surface area contributed by atoms with Crippen molar-refractivity contribution in [3.8, 4) is 0 Å². The third kappa shape index (κ3) is 6.49.